The Morgan fingerprint density at radius 3 is 2.67 bits per heavy atom. The summed E-state index contributed by atoms with van der Waals surface area (Å²) in [5.41, 5.74) is 12.8. The number of rotatable bonds is 11. The number of aromatic nitrogens is 2. The fourth-order valence-corrected chi connectivity index (χ4v) is 6.01. The second-order valence-corrected chi connectivity index (χ2v) is 13.3. The highest BCUT2D eigenvalue weighted by atomic mass is 16.6. The number of hydrogen-bond acceptors (Lipinski definition) is 8. The number of ether oxygens (including phenoxy) is 2. The number of phenols is 1. The summed E-state index contributed by atoms with van der Waals surface area (Å²) in [6.07, 6.45) is 5.74. The molecule has 0 spiro atoms. The molecule has 0 radical (unpaired) electrons. The third kappa shape index (κ3) is 8.62. The highest BCUT2D eigenvalue weighted by Crippen LogP contribution is 2.33. The van der Waals surface area contributed by atoms with Crippen LogP contribution in [0.3, 0.4) is 0 Å². The molecular formula is C37H47N7O5. The summed E-state index contributed by atoms with van der Waals surface area (Å²) in [5, 5.41) is 21.1. The van der Waals surface area contributed by atoms with E-state index >= 15 is 0 Å². The topological polar surface area (TPSA) is 156 Å². The summed E-state index contributed by atoms with van der Waals surface area (Å²) >= 11 is 0. The lowest BCUT2D eigenvalue weighted by Crippen LogP contribution is -2.42. The van der Waals surface area contributed by atoms with Crippen LogP contribution in [0.4, 0.5) is 16.2 Å². The average Bonchev–Trinajstić information content (AvgIpc) is 3.69. The van der Waals surface area contributed by atoms with Gasteiger partial charge in [-0.1, -0.05) is 13.0 Å². The van der Waals surface area contributed by atoms with Gasteiger partial charge in [-0.2, -0.15) is 5.10 Å². The van der Waals surface area contributed by atoms with Gasteiger partial charge in [0, 0.05) is 31.8 Å². The second-order valence-electron chi connectivity index (χ2n) is 13.3. The van der Waals surface area contributed by atoms with E-state index in [1.165, 1.54) is 6.92 Å². The summed E-state index contributed by atoms with van der Waals surface area (Å²) in [5.74, 6) is 1.07. The molecule has 1 fully saturated rings. The van der Waals surface area contributed by atoms with Crippen molar-refractivity contribution in [3.8, 4) is 22.6 Å². The number of fused-ring (bicyclic) bond motifs is 1. The van der Waals surface area contributed by atoms with Gasteiger partial charge < -0.3 is 35.8 Å². The summed E-state index contributed by atoms with van der Waals surface area (Å²) in [6, 6.07) is 12.9. The van der Waals surface area contributed by atoms with Crippen LogP contribution in [0.15, 0.2) is 59.9 Å². The largest absolute Gasteiger partial charge is 0.508 e. The molecule has 1 saturated heterocycles. The molecule has 2 aromatic heterocycles. The van der Waals surface area contributed by atoms with E-state index in [0.29, 0.717) is 49.7 Å². The zero-order valence-corrected chi connectivity index (χ0v) is 29.2. The van der Waals surface area contributed by atoms with Crippen LogP contribution in [0.2, 0.25) is 0 Å². The van der Waals surface area contributed by atoms with E-state index in [4.69, 9.17) is 25.3 Å². The number of aryl methyl sites for hydroxylation is 2. The third-order valence-corrected chi connectivity index (χ3v) is 8.37. The molecule has 0 aliphatic carbocycles. The number of aromatic hydroxyl groups is 1. The van der Waals surface area contributed by atoms with Crippen LogP contribution in [-0.2, 0) is 16.0 Å². The molecule has 5 N–H and O–H groups in total. The molecule has 2 amide bonds. The predicted octanol–water partition coefficient (Wildman–Crippen LogP) is 5.94. The van der Waals surface area contributed by atoms with Gasteiger partial charge in [-0.15, -0.1) is 0 Å². The maximum Gasteiger partial charge on any atom is 0.410 e. The average molecular weight is 670 g/mol. The molecule has 0 unspecified atom stereocenters. The van der Waals surface area contributed by atoms with E-state index < -0.39 is 5.60 Å². The van der Waals surface area contributed by atoms with Crippen LogP contribution >= 0.6 is 0 Å². The Labute approximate surface area is 287 Å². The van der Waals surface area contributed by atoms with Crippen molar-refractivity contribution < 1.29 is 24.2 Å². The highest BCUT2D eigenvalue weighted by Gasteiger charge is 2.32. The number of nitrogens with two attached hydrogens (primary N) is 1. The third-order valence-electron chi connectivity index (χ3n) is 8.37. The molecule has 1 aliphatic rings. The van der Waals surface area contributed by atoms with Gasteiger partial charge in [0.1, 0.15) is 29.5 Å². The lowest BCUT2D eigenvalue weighted by molar-refractivity contribution is -0.119. The minimum Gasteiger partial charge on any atom is -0.508 e. The van der Waals surface area contributed by atoms with Crippen LogP contribution in [0, 0.1) is 6.92 Å². The van der Waals surface area contributed by atoms with Crippen LogP contribution in [-0.4, -0.2) is 75.3 Å². The minimum absolute atomic E-state index is 0.0762. The Morgan fingerprint density at radius 1 is 1.16 bits per heavy atom. The Bertz CT molecular complexity index is 1860. The molecule has 12 heteroatoms. The number of amidine groups is 1. The predicted molar refractivity (Wildman–Crippen MR) is 192 cm³/mol. The van der Waals surface area contributed by atoms with Crippen molar-refractivity contribution in [1.29, 1.82) is 0 Å². The normalized spacial score (nSPS) is 15.0. The number of hydrogen-bond donors (Lipinski definition) is 4. The monoisotopic (exact) mass is 669 g/mol. The fraction of sp³-hybridized carbons (Fsp3) is 0.405. The van der Waals surface area contributed by atoms with E-state index in [0.717, 1.165) is 46.3 Å². The number of carbonyl (C=O) groups excluding carboxylic acids is 2. The van der Waals surface area contributed by atoms with Crippen molar-refractivity contribution in [2.45, 2.75) is 72.4 Å². The maximum atomic E-state index is 13.1. The van der Waals surface area contributed by atoms with Crippen molar-refractivity contribution in [2.75, 3.05) is 31.6 Å². The van der Waals surface area contributed by atoms with Crippen molar-refractivity contribution in [3.63, 3.8) is 0 Å². The zero-order valence-electron chi connectivity index (χ0n) is 29.2. The Kier molecular flexibility index (Phi) is 10.6. The van der Waals surface area contributed by atoms with Gasteiger partial charge >= 0.3 is 6.09 Å². The molecule has 12 nitrogen and oxygen atoms in total. The molecular weight excluding hydrogens is 622 g/mol. The van der Waals surface area contributed by atoms with Crippen molar-refractivity contribution in [2.24, 2.45) is 10.7 Å². The van der Waals surface area contributed by atoms with E-state index in [1.807, 2.05) is 63.5 Å². The van der Waals surface area contributed by atoms with Crippen molar-refractivity contribution >= 4 is 34.7 Å². The van der Waals surface area contributed by atoms with Gasteiger partial charge in [0.25, 0.3) is 0 Å². The number of likely N-dealkylation sites (tertiary alicyclic amines) is 1. The Balaban J connectivity index is 1.49. The minimum atomic E-state index is -0.587. The number of carbonyl (C=O) groups is 2. The molecule has 1 atom stereocenters. The first-order valence-corrected chi connectivity index (χ1v) is 16.7. The lowest BCUT2D eigenvalue weighted by Gasteiger charge is -2.29. The fourth-order valence-electron chi connectivity index (χ4n) is 6.01. The van der Waals surface area contributed by atoms with Crippen LogP contribution in [0.25, 0.3) is 16.6 Å². The van der Waals surface area contributed by atoms with E-state index in [2.05, 4.69) is 16.7 Å². The van der Waals surface area contributed by atoms with Gasteiger partial charge in [0.05, 0.1) is 41.2 Å². The Hall–Kier alpha value is -5.26. The van der Waals surface area contributed by atoms with E-state index in [1.54, 1.807) is 29.3 Å². The summed E-state index contributed by atoms with van der Waals surface area (Å²) in [7, 11) is 0. The van der Waals surface area contributed by atoms with Crippen molar-refractivity contribution in [1.82, 2.24) is 19.8 Å². The number of aliphatic imine (C=N–C) groups is 1. The number of anilines is 1. The molecule has 2 aromatic carbocycles. The summed E-state index contributed by atoms with van der Waals surface area (Å²) < 4.78 is 13.3. The molecule has 260 valence electrons. The van der Waals surface area contributed by atoms with E-state index in [9.17, 15) is 14.7 Å². The van der Waals surface area contributed by atoms with Gasteiger partial charge in [0.2, 0.25) is 5.91 Å². The summed E-state index contributed by atoms with van der Waals surface area (Å²) in [6.45, 7) is 13.0. The van der Waals surface area contributed by atoms with Gasteiger partial charge in [-0.25, -0.2) is 14.3 Å². The summed E-state index contributed by atoms with van der Waals surface area (Å²) in [4.78, 5) is 30.8. The highest BCUT2D eigenvalue weighted by molar-refractivity contribution is 6.06. The molecule has 1 aliphatic heterocycles. The maximum absolute atomic E-state index is 13.1. The lowest BCUT2D eigenvalue weighted by atomic mass is 10.0. The van der Waals surface area contributed by atoms with Gasteiger partial charge in [0.15, 0.2) is 0 Å². The second kappa shape index (κ2) is 14.9. The van der Waals surface area contributed by atoms with Gasteiger partial charge in [-0.05, 0) is 100 Å². The number of phenolic OH excluding ortho intramolecular Hbond substituents is 1. The van der Waals surface area contributed by atoms with Gasteiger partial charge in [-0.3, -0.25) is 4.79 Å². The number of nitrogens with zero attached hydrogens (tertiary/aromatic N) is 4. The quantitative estimate of drug-likeness (QED) is 0.0869. The standard InChI is InChI=1S/C37H47N7O5/c1-7-25-18-28(46)10-13-32(25)42-35(38)31-21-41-44-22-26(30-12-11-29(17-23(30)2)48-16-14-39-24(3)45)19-33(44)34(31)40-20-27-9-8-15-43(27)36(47)49-37(4,5)6/h10-13,17-19,21-22,27,40,46H,7-9,14-16,20H2,1-6H3,(H2,38,42)(H,39,45)/t27-/m1/s1. The van der Waals surface area contributed by atoms with Crippen molar-refractivity contribution in [3.05, 3.63) is 71.5 Å². The smallest absolute Gasteiger partial charge is 0.410 e. The molecule has 0 saturated carbocycles. The zero-order chi connectivity index (χ0) is 35.3. The first-order valence-electron chi connectivity index (χ1n) is 16.7. The first-order chi connectivity index (χ1) is 23.3. The molecule has 5 rings (SSSR count). The van der Waals surface area contributed by atoms with Crippen LogP contribution < -0.4 is 21.1 Å². The molecule has 49 heavy (non-hydrogen) atoms. The molecule has 4 aromatic rings. The SMILES string of the molecule is CCc1cc(O)ccc1N=C(N)c1cnn2cc(-c3ccc(OCCNC(C)=O)cc3C)cc2c1NC[C@H]1CCCN1C(=O)OC(C)(C)C. The first kappa shape index (κ1) is 35.1. The van der Waals surface area contributed by atoms with Crippen LogP contribution in [0.1, 0.15) is 64.2 Å². The molecule has 3 heterocycles. The number of benzene rings is 2. The molecule has 0 bridgehead atoms. The van der Waals surface area contributed by atoms with E-state index in [-0.39, 0.29) is 29.6 Å². The number of amides is 2. The Morgan fingerprint density at radius 2 is 1.96 bits per heavy atom. The number of nitrogens with one attached hydrogen (secondary N) is 2. The van der Waals surface area contributed by atoms with Crippen LogP contribution in [0.5, 0.6) is 11.5 Å².